The first-order chi connectivity index (χ1) is 14.7. The second kappa shape index (κ2) is 9.98. The van der Waals surface area contributed by atoms with Crippen LogP contribution in [0.3, 0.4) is 0 Å². The van der Waals surface area contributed by atoms with Crippen molar-refractivity contribution < 1.29 is 9.53 Å². The molecule has 1 aromatic heterocycles. The molecule has 1 aliphatic rings. The van der Waals surface area contributed by atoms with Gasteiger partial charge in [0.2, 0.25) is 0 Å². The molecule has 156 valence electrons. The highest BCUT2D eigenvalue weighted by atomic mass is 16.5. The molecule has 1 N–H and O–H groups in total. The molecule has 0 saturated heterocycles. The summed E-state index contributed by atoms with van der Waals surface area (Å²) in [6.45, 7) is 5.48. The van der Waals surface area contributed by atoms with Crippen molar-refractivity contribution in [2.24, 2.45) is 5.92 Å². The lowest BCUT2D eigenvalue weighted by molar-refractivity contribution is -0.113. The summed E-state index contributed by atoms with van der Waals surface area (Å²) in [6, 6.07) is 16.5. The number of aromatic nitrogens is 1. The Hall–Kier alpha value is -3.26. The predicted molar refractivity (Wildman–Crippen MR) is 122 cm³/mol. The largest absolute Gasteiger partial charge is 0.494 e. The number of benzene rings is 2. The number of rotatable bonds is 6. The van der Waals surface area contributed by atoms with Crippen LogP contribution in [0.5, 0.6) is 5.75 Å². The first-order valence-electron chi connectivity index (χ1n) is 10.6. The molecule has 1 heterocycles. The molecule has 4 rings (SSSR count). The van der Waals surface area contributed by atoms with E-state index in [1.807, 2.05) is 44.3 Å². The molecule has 0 atom stereocenters. The molecule has 5 nitrogen and oxygen atoms in total. The van der Waals surface area contributed by atoms with E-state index in [1.54, 1.807) is 0 Å². The van der Waals surface area contributed by atoms with Crippen LogP contribution in [-0.4, -0.2) is 24.5 Å². The standard InChI is InChI=1S/C20H21N3O.C5H8O/c1-4-23-19-12-16(24-5-2)10-11-17(19)18(13-21)20(23)14-6-8-15(22-3)9-7-14;6-4-5-2-1-3-5/h6-12,22H,4-5H2,1-3H3;4-5H,1-3H2. The van der Waals surface area contributed by atoms with E-state index in [0.29, 0.717) is 18.1 Å². The third kappa shape index (κ3) is 4.33. The fourth-order valence-corrected chi connectivity index (χ4v) is 3.70. The average Bonchev–Trinajstić information content (AvgIpc) is 3.06. The van der Waals surface area contributed by atoms with E-state index in [1.165, 1.54) is 6.42 Å². The van der Waals surface area contributed by atoms with Gasteiger partial charge in [0.25, 0.3) is 0 Å². The van der Waals surface area contributed by atoms with Crippen LogP contribution in [0.1, 0.15) is 38.7 Å². The molecule has 0 aliphatic heterocycles. The summed E-state index contributed by atoms with van der Waals surface area (Å²) in [4.78, 5) is 9.79. The summed E-state index contributed by atoms with van der Waals surface area (Å²) in [7, 11) is 1.90. The lowest BCUT2D eigenvalue weighted by atomic mass is 9.87. The fourth-order valence-electron chi connectivity index (χ4n) is 3.70. The lowest BCUT2D eigenvalue weighted by Crippen LogP contribution is -2.10. The highest BCUT2D eigenvalue weighted by Gasteiger charge is 2.18. The molecule has 0 bridgehead atoms. The minimum absolute atomic E-state index is 0.435. The number of hydrogen-bond donors (Lipinski definition) is 1. The number of ether oxygens (including phenoxy) is 1. The van der Waals surface area contributed by atoms with Gasteiger partial charge in [-0.05, 0) is 56.5 Å². The Morgan fingerprint density at radius 3 is 2.40 bits per heavy atom. The first kappa shape index (κ1) is 21.4. The molecular formula is C25H29N3O2. The quantitative estimate of drug-likeness (QED) is 0.542. The number of carbonyl (C=O) groups is 1. The summed E-state index contributed by atoms with van der Waals surface area (Å²) < 4.78 is 7.81. The van der Waals surface area contributed by atoms with Crippen molar-refractivity contribution in [3.63, 3.8) is 0 Å². The Bertz CT molecular complexity index is 1040. The third-order valence-electron chi connectivity index (χ3n) is 5.56. The number of hydrogen-bond acceptors (Lipinski definition) is 4. The topological polar surface area (TPSA) is 67.0 Å². The highest BCUT2D eigenvalue weighted by molar-refractivity contribution is 5.95. The summed E-state index contributed by atoms with van der Waals surface area (Å²) >= 11 is 0. The molecular weight excluding hydrogens is 374 g/mol. The maximum Gasteiger partial charge on any atom is 0.123 e. The van der Waals surface area contributed by atoms with Gasteiger partial charge in [-0.15, -0.1) is 0 Å². The normalized spacial score (nSPS) is 13.0. The summed E-state index contributed by atoms with van der Waals surface area (Å²) in [6.07, 6.45) is 4.61. The molecule has 0 unspecified atom stereocenters. The van der Waals surface area contributed by atoms with Crippen LogP contribution < -0.4 is 10.1 Å². The van der Waals surface area contributed by atoms with Crippen LogP contribution in [0.2, 0.25) is 0 Å². The van der Waals surface area contributed by atoms with Gasteiger partial charge < -0.3 is 19.4 Å². The van der Waals surface area contributed by atoms with Crippen molar-refractivity contribution in [2.75, 3.05) is 19.0 Å². The Morgan fingerprint density at radius 1 is 1.20 bits per heavy atom. The lowest BCUT2D eigenvalue weighted by Gasteiger charge is -2.17. The van der Waals surface area contributed by atoms with Crippen LogP contribution in [0.15, 0.2) is 42.5 Å². The molecule has 1 aliphatic carbocycles. The molecule has 2 aromatic carbocycles. The van der Waals surface area contributed by atoms with Gasteiger partial charge in [0.05, 0.1) is 23.4 Å². The Morgan fingerprint density at radius 2 is 1.93 bits per heavy atom. The summed E-state index contributed by atoms with van der Waals surface area (Å²) in [5, 5.41) is 13.8. The number of carbonyl (C=O) groups excluding carboxylic acids is 1. The Balaban J connectivity index is 0.000000367. The predicted octanol–water partition coefficient (Wildman–Crippen LogP) is 5.63. The van der Waals surface area contributed by atoms with Gasteiger partial charge in [-0.1, -0.05) is 18.6 Å². The molecule has 3 aromatic rings. The first-order valence-corrected chi connectivity index (χ1v) is 10.6. The van der Waals surface area contributed by atoms with E-state index in [4.69, 9.17) is 4.74 Å². The van der Waals surface area contributed by atoms with Crippen molar-refractivity contribution in [1.29, 1.82) is 5.26 Å². The van der Waals surface area contributed by atoms with Crippen molar-refractivity contribution in [3.8, 4) is 23.1 Å². The summed E-state index contributed by atoms with van der Waals surface area (Å²) in [5.74, 6) is 1.27. The monoisotopic (exact) mass is 403 g/mol. The Kier molecular flexibility index (Phi) is 7.13. The minimum Gasteiger partial charge on any atom is -0.494 e. The second-order valence-corrected chi connectivity index (χ2v) is 7.35. The molecule has 30 heavy (non-hydrogen) atoms. The van der Waals surface area contributed by atoms with E-state index >= 15 is 0 Å². The molecule has 0 amide bonds. The van der Waals surface area contributed by atoms with E-state index in [-0.39, 0.29) is 0 Å². The number of nitriles is 1. The summed E-state index contributed by atoms with van der Waals surface area (Å²) in [5.41, 5.74) is 4.81. The number of aryl methyl sites for hydroxylation is 1. The average molecular weight is 404 g/mol. The second-order valence-electron chi connectivity index (χ2n) is 7.35. The Labute approximate surface area is 178 Å². The molecule has 1 saturated carbocycles. The molecule has 0 spiro atoms. The van der Waals surface area contributed by atoms with Crippen LogP contribution in [0.25, 0.3) is 22.2 Å². The SMILES string of the molecule is CCOc1ccc2c(C#N)c(-c3ccc(NC)cc3)n(CC)c2c1.O=CC1CCC1. The van der Waals surface area contributed by atoms with Gasteiger partial charge in [-0.2, -0.15) is 5.26 Å². The fraction of sp³-hybridized carbons (Fsp3) is 0.360. The van der Waals surface area contributed by atoms with Gasteiger partial charge in [-0.25, -0.2) is 0 Å². The van der Waals surface area contributed by atoms with Gasteiger partial charge in [0, 0.05) is 36.7 Å². The smallest absolute Gasteiger partial charge is 0.123 e. The van der Waals surface area contributed by atoms with Crippen molar-refractivity contribution in [2.45, 2.75) is 39.7 Å². The highest BCUT2D eigenvalue weighted by Crippen LogP contribution is 2.35. The van der Waals surface area contributed by atoms with Crippen molar-refractivity contribution in [1.82, 2.24) is 4.57 Å². The van der Waals surface area contributed by atoms with Gasteiger partial charge in [-0.3, -0.25) is 0 Å². The number of fused-ring (bicyclic) bond motifs is 1. The zero-order valence-electron chi connectivity index (χ0n) is 17.9. The van der Waals surface area contributed by atoms with E-state index < -0.39 is 0 Å². The van der Waals surface area contributed by atoms with Crippen LogP contribution >= 0.6 is 0 Å². The molecule has 5 heteroatoms. The van der Waals surface area contributed by atoms with E-state index in [2.05, 4.69) is 35.0 Å². The zero-order chi connectivity index (χ0) is 21.5. The van der Waals surface area contributed by atoms with Crippen LogP contribution in [0, 0.1) is 17.2 Å². The maximum absolute atomic E-state index is 9.79. The van der Waals surface area contributed by atoms with Crippen LogP contribution in [-0.2, 0) is 11.3 Å². The van der Waals surface area contributed by atoms with E-state index in [0.717, 1.165) is 59.3 Å². The molecule has 1 fully saturated rings. The maximum atomic E-state index is 9.79. The van der Waals surface area contributed by atoms with Crippen LogP contribution in [0.4, 0.5) is 5.69 Å². The molecule has 0 radical (unpaired) electrons. The zero-order valence-corrected chi connectivity index (χ0v) is 17.9. The van der Waals surface area contributed by atoms with Gasteiger partial charge in [0.1, 0.15) is 18.1 Å². The van der Waals surface area contributed by atoms with Crippen molar-refractivity contribution in [3.05, 3.63) is 48.0 Å². The van der Waals surface area contributed by atoms with Gasteiger partial charge in [0.15, 0.2) is 0 Å². The van der Waals surface area contributed by atoms with Gasteiger partial charge >= 0.3 is 0 Å². The minimum atomic E-state index is 0.435. The number of anilines is 1. The number of aldehydes is 1. The third-order valence-corrected chi connectivity index (χ3v) is 5.56. The number of nitrogens with zero attached hydrogens (tertiary/aromatic N) is 2. The number of nitrogens with one attached hydrogen (secondary N) is 1. The van der Waals surface area contributed by atoms with E-state index in [9.17, 15) is 10.1 Å². The van der Waals surface area contributed by atoms with Crippen molar-refractivity contribution >= 4 is 22.9 Å².